The van der Waals surface area contributed by atoms with Crippen LogP contribution in [0, 0.1) is 6.92 Å². The van der Waals surface area contributed by atoms with Gasteiger partial charge in [0.05, 0.1) is 17.3 Å². The number of halogens is 4. The minimum atomic E-state index is -4.41. The molecular formula is C21H16BrF3N2O. The summed E-state index contributed by atoms with van der Waals surface area (Å²) in [4.78, 5) is 0. The largest absolute Gasteiger partial charge is 0.460 e. The van der Waals surface area contributed by atoms with Crippen molar-refractivity contribution in [2.45, 2.75) is 25.6 Å². The Bertz CT molecular complexity index is 1020. The fraction of sp³-hybridized carbons (Fsp3) is 0.190. The Balaban J connectivity index is 1.77. The first-order chi connectivity index (χ1) is 13.3. The minimum absolute atomic E-state index is 0.225. The Hall–Kier alpha value is -2.54. The summed E-state index contributed by atoms with van der Waals surface area (Å²) in [6, 6.07) is 16.4. The number of hydrazone groups is 1. The summed E-state index contributed by atoms with van der Waals surface area (Å²) in [5.74, 6) is 1.39. The molecule has 0 fully saturated rings. The minimum Gasteiger partial charge on any atom is -0.460 e. The first-order valence-corrected chi connectivity index (χ1v) is 9.47. The number of aryl methyl sites for hydroxylation is 1. The van der Waals surface area contributed by atoms with Gasteiger partial charge in [-0.1, -0.05) is 34.1 Å². The highest BCUT2D eigenvalue weighted by molar-refractivity contribution is 9.10. The average Bonchev–Trinajstić information content (AvgIpc) is 3.28. The number of rotatable bonds is 3. The molecule has 1 atom stereocenters. The lowest BCUT2D eigenvalue weighted by Gasteiger charge is -2.24. The average molecular weight is 449 g/mol. The van der Waals surface area contributed by atoms with Gasteiger partial charge in [0, 0.05) is 10.9 Å². The molecule has 0 amide bonds. The Kier molecular flexibility index (Phi) is 4.79. The van der Waals surface area contributed by atoms with Gasteiger partial charge >= 0.3 is 6.18 Å². The molecule has 0 N–H and O–H groups in total. The first kappa shape index (κ1) is 18.8. The molecule has 0 bridgehead atoms. The van der Waals surface area contributed by atoms with E-state index in [0.29, 0.717) is 23.6 Å². The molecular weight excluding hydrogens is 433 g/mol. The number of hydrogen-bond donors (Lipinski definition) is 0. The van der Waals surface area contributed by atoms with Gasteiger partial charge in [-0.25, -0.2) is 0 Å². The summed E-state index contributed by atoms with van der Waals surface area (Å²) in [5.41, 5.74) is 1.36. The van der Waals surface area contributed by atoms with Gasteiger partial charge in [-0.15, -0.1) is 0 Å². The van der Waals surface area contributed by atoms with E-state index in [1.54, 1.807) is 11.1 Å². The van der Waals surface area contributed by atoms with Gasteiger partial charge < -0.3 is 4.42 Å². The molecule has 7 heteroatoms. The lowest BCUT2D eigenvalue weighted by molar-refractivity contribution is -0.137. The monoisotopic (exact) mass is 448 g/mol. The van der Waals surface area contributed by atoms with E-state index in [1.165, 1.54) is 6.07 Å². The molecule has 0 unspecified atom stereocenters. The topological polar surface area (TPSA) is 28.7 Å². The summed E-state index contributed by atoms with van der Waals surface area (Å²) in [6.07, 6.45) is -3.88. The second-order valence-corrected chi connectivity index (χ2v) is 7.54. The van der Waals surface area contributed by atoms with Crippen molar-refractivity contribution in [3.8, 4) is 0 Å². The van der Waals surface area contributed by atoms with E-state index in [-0.39, 0.29) is 6.04 Å². The molecule has 144 valence electrons. The van der Waals surface area contributed by atoms with Gasteiger partial charge in [0.2, 0.25) is 0 Å². The number of benzene rings is 2. The zero-order chi connectivity index (χ0) is 19.9. The Labute approximate surface area is 168 Å². The van der Waals surface area contributed by atoms with Crippen molar-refractivity contribution in [3.63, 3.8) is 0 Å². The number of alkyl halides is 3. The normalized spacial score (nSPS) is 17.1. The van der Waals surface area contributed by atoms with Crippen molar-refractivity contribution in [2.75, 3.05) is 5.01 Å². The molecule has 28 heavy (non-hydrogen) atoms. The molecule has 1 aliphatic rings. The molecule has 0 radical (unpaired) electrons. The van der Waals surface area contributed by atoms with Crippen LogP contribution in [0.5, 0.6) is 0 Å². The van der Waals surface area contributed by atoms with Crippen molar-refractivity contribution in [3.05, 3.63) is 87.8 Å². The first-order valence-electron chi connectivity index (χ1n) is 8.67. The summed E-state index contributed by atoms with van der Waals surface area (Å²) in [5, 5.41) is 6.27. The van der Waals surface area contributed by atoms with Crippen molar-refractivity contribution >= 4 is 27.3 Å². The van der Waals surface area contributed by atoms with Gasteiger partial charge in [0.1, 0.15) is 17.2 Å². The molecule has 3 nitrogen and oxygen atoms in total. The predicted molar refractivity (Wildman–Crippen MR) is 105 cm³/mol. The Morgan fingerprint density at radius 1 is 1.07 bits per heavy atom. The van der Waals surface area contributed by atoms with E-state index in [0.717, 1.165) is 27.9 Å². The quantitative estimate of drug-likeness (QED) is 0.444. The van der Waals surface area contributed by atoms with Gasteiger partial charge in [0.25, 0.3) is 0 Å². The zero-order valence-electron chi connectivity index (χ0n) is 14.9. The van der Waals surface area contributed by atoms with Crippen LogP contribution in [0.3, 0.4) is 0 Å². The van der Waals surface area contributed by atoms with E-state index in [4.69, 9.17) is 4.42 Å². The number of anilines is 1. The zero-order valence-corrected chi connectivity index (χ0v) is 16.5. The number of furan rings is 1. The molecule has 1 aromatic heterocycles. The fourth-order valence-corrected chi connectivity index (χ4v) is 3.52. The van der Waals surface area contributed by atoms with Crippen LogP contribution in [0.4, 0.5) is 18.9 Å². The van der Waals surface area contributed by atoms with Gasteiger partial charge in [-0.3, -0.25) is 5.01 Å². The maximum absolute atomic E-state index is 13.2. The summed E-state index contributed by atoms with van der Waals surface area (Å²) < 4.78 is 46.2. The molecule has 1 aliphatic heterocycles. The molecule has 0 saturated carbocycles. The summed E-state index contributed by atoms with van der Waals surface area (Å²) in [7, 11) is 0. The molecule has 2 aromatic carbocycles. The van der Waals surface area contributed by atoms with Gasteiger partial charge in [-0.2, -0.15) is 18.3 Å². The van der Waals surface area contributed by atoms with Crippen LogP contribution < -0.4 is 5.01 Å². The van der Waals surface area contributed by atoms with Crippen molar-refractivity contribution < 1.29 is 17.6 Å². The molecule has 0 spiro atoms. The lowest BCUT2D eigenvalue weighted by atomic mass is 10.0. The third kappa shape index (κ3) is 3.71. The molecule has 3 aromatic rings. The standard InChI is InChI=1S/C21H16BrF3N2O/c1-13-5-10-20(28-13)18-12-19(14-6-8-16(22)9-7-14)27(26-18)17-4-2-3-15(11-17)21(23,24)25/h2-11,19H,12H2,1H3/t19-/m1/s1. The van der Waals surface area contributed by atoms with Crippen LogP contribution in [0.15, 0.2) is 74.7 Å². The van der Waals surface area contributed by atoms with E-state index >= 15 is 0 Å². The highest BCUT2D eigenvalue weighted by Crippen LogP contribution is 2.39. The van der Waals surface area contributed by atoms with Crippen molar-refractivity contribution in [2.24, 2.45) is 5.10 Å². The highest BCUT2D eigenvalue weighted by Gasteiger charge is 2.34. The third-order valence-electron chi connectivity index (χ3n) is 4.63. The Morgan fingerprint density at radius 2 is 1.82 bits per heavy atom. The SMILES string of the molecule is Cc1ccc(C2=NN(c3cccc(C(F)(F)F)c3)[C@@H](c3ccc(Br)cc3)C2)o1. The van der Waals surface area contributed by atoms with Crippen LogP contribution in [-0.4, -0.2) is 5.71 Å². The number of hydrogen-bond acceptors (Lipinski definition) is 3. The molecule has 0 saturated heterocycles. The van der Waals surface area contributed by atoms with Crippen molar-refractivity contribution in [1.82, 2.24) is 0 Å². The van der Waals surface area contributed by atoms with Crippen LogP contribution in [0.1, 0.15) is 35.1 Å². The molecule has 2 heterocycles. The third-order valence-corrected chi connectivity index (χ3v) is 5.16. The maximum atomic E-state index is 13.2. The molecule has 0 aliphatic carbocycles. The summed E-state index contributed by atoms with van der Waals surface area (Å²) in [6.45, 7) is 1.84. The fourth-order valence-electron chi connectivity index (χ4n) is 3.26. The number of nitrogens with zero attached hydrogens (tertiary/aromatic N) is 2. The van der Waals surface area contributed by atoms with E-state index in [2.05, 4.69) is 21.0 Å². The van der Waals surface area contributed by atoms with Crippen LogP contribution in [-0.2, 0) is 6.18 Å². The van der Waals surface area contributed by atoms with E-state index < -0.39 is 11.7 Å². The highest BCUT2D eigenvalue weighted by atomic mass is 79.9. The van der Waals surface area contributed by atoms with Gasteiger partial charge in [0.15, 0.2) is 0 Å². The van der Waals surface area contributed by atoms with Crippen LogP contribution >= 0.6 is 15.9 Å². The smallest absolute Gasteiger partial charge is 0.416 e. The van der Waals surface area contributed by atoms with Crippen LogP contribution in [0.2, 0.25) is 0 Å². The van der Waals surface area contributed by atoms with E-state index in [9.17, 15) is 13.2 Å². The lowest BCUT2D eigenvalue weighted by Crippen LogP contribution is -2.19. The van der Waals surface area contributed by atoms with E-state index in [1.807, 2.05) is 43.3 Å². The summed E-state index contributed by atoms with van der Waals surface area (Å²) >= 11 is 3.41. The molecule has 4 rings (SSSR count). The second kappa shape index (κ2) is 7.13. The predicted octanol–water partition coefficient (Wildman–Crippen LogP) is 6.73. The van der Waals surface area contributed by atoms with Crippen LogP contribution in [0.25, 0.3) is 0 Å². The Morgan fingerprint density at radius 3 is 2.46 bits per heavy atom. The maximum Gasteiger partial charge on any atom is 0.416 e. The van der Waals surface area contributed by atoms with Gasteiger partial charge in [-0.05, 0) is 55.0 Å². The van der Waals surface area contributed by atoms with Crippen molar-refractivity contribution in [1.29, 1.82) is 0 Å². The second-order valence-electron chi connectivity index (χ2n) is 6.62.